The molecule has 0 saturated carbocycles. The molecule has 0 aliphatic carbocycles. The Bertz CT molecular complexity index is 369. The van der Waals surface area contributed by atoms with Crippen LogP contribution in [0.15, 0.2) is 18.5 Å². The van der Waals surface area contributed by atoms with E-state index in [4.69, 9.17) is 9.84 Å². The third kappa shape index (κ3) is 5.42. The van der Waals surface area contributed by atoms with Crippen molar-refractivity contribution in [2.75, 3.05) is 26.8 Å². The van der Waals surface area contributed by atoms with Gasteiger partial charge < -0.3 is 9.84 Å². The number of aliphatic carboxylic acids is 1. The van der Waals surface area contributed by atoms with E-state index in [0.717, 1.165) is 11.1 Å². The first-order valence-corrected chi connectivity index (χ1v) is 5.45. The molecule has 17 heavy (non-hydrogen) atoms. The normalized spacial score (nSPS) is 10.8. The van der Waals surface area contributed by atoms with Crippen LogP contribution in [0.4, 0.5) is 0 Å². The smallest absolute Gasteiger partial charge is 0.317 e. The summed E-state index contributed by atoms with van der Waals surface area (Å²) in [5.41, 5.74) is 2.09. The van der Waals surface area contributed by atoms with Gasteiger partial charge in [0.05, 0.1) is 13.2 Å². The molecular formula is C12H18N2O3. The number of hydrogen-bond donors (Lipinski definition) is 1. The fourth-order valence-electron chi connectivity index (χ4n) is 1.59. The van der Waals surface area contributed by atoms with Gasteiger partial charge in [0.1, 0.15) is 0 Å². The lowest BCUT2D eigenvalue weighted by atomic mass is 10.2. The summed E-state index contributed by atoms with van der Waals surface area (Å²) in [6, 6.07) is 2.01. The van der Waals surface area contributed by atoms with Crippen LogP contribution in [0.1, 0.15) is 11.1 Å². The molecule has 1 aromatic heterocycles. The second-order valence-electron chi connectivity index (χ2n) is 3.97. The molecule has 0 saturated heterocycles. The Morgan fingerprint density at radius 3 is 2.88 bits per heavy atom. The van der Waals surface area contributed by atoms with Gasteiger partial charge in [0.25, 0.3) is 0 Å². The lowest BCUT2D eigenvalue weighted by Crippen LogP contribution is -2.32. The number of methoxy groups -OCH3 is 1. The molecule has 1 aromatic rings. The molecule has 5 nitrogen and oxygen atoms in total. The predicted molar refractivity (Wildman–Crippen MR) is 63.8 cm³/mol. The molecule has 0 radical (unpaired) electrons. The first kappa shape index (κ1) is 13.6. The topological polar surface area (TPSA) is 62.7 Å². The van der Waals surface area contributed by atoms with E-state index < -0.39 is 5.97 Å². The van der Waals surface area contributed by atoms with Gasteiger partial charge in [0.15, 0.2) is 0 Å². The van der Waals surface area contributed by atoms with Gasteiger partial charge in [-0.25, -0.2) is 0 Å². The maximum Gasteiger partial charge on any atom is 0.317 e. The predicted octanol–water partition coefficient (Wildman–Crippen LogP) is 0.923. The Labute approximate surface area is 101 Å². The lowest BCUT2D eigenvalue weighted by molar-refractivity contribution is -0.138. The van der Waals surface area contributed by atoms with Crippen molar-refractivity contribution in [1.29, 1.82) is 0 Å². The van der Waals surface area contributed by atoms with E-state index in [1.165, 1.54) is 0 Å². The van der Waals surface area contributed by atoms with Crippen molar-refractivity contribution >= 4 is 5.97 Å². The Morgan fingerprint density at radius 2 is 2.29 bits per heavy atom. The van der Waals surface area contributed by atoms with Gasteiger partial charge in [-0.1, -0.05) is 6.07 Å². The van der Waals surface area contributed by atoms with E-state index in [1.54, 1.807) is 19.5 Å². The summed E-state index contributed by atoms with van der Waals surface area (Å²) in [7, 11) is 1.60. The number of carboxylic acid groups (broad SMARTS) is 1. The van der Waals surface area contributed by atoms with Crippen molar-refractivity contribution < 1.29 is 14.6 Å². The van der Waals surface area contributed by atoms with Crippen molar-refractivity contribution in [1.82, 2.24) is 9.88 Å². The van der Waals surface area contributed by atoms with E-state index in [-0.39, 0.29) is 6.54 Å². The van der Waals surface area contributed by atoms with Crippen molar-refractivity contribution in [3.8, 4) is 0 Å². The van der Waals surface area contributed by atoms with Gasteiger partial charge in [-0.2, -0.15) is 0 Å². The molecule has 94 valence electrons. The molecule has 0 aromatic carbocycles. The van der Waals surface area contributed by atoms with Crippen molar-refractivity contribution in [3.63, 3.8) is 0 Å². The Balaban J connectivity index is 2.61. The molecule has 0 aliphatic rings. The number of rotatable bonds is 7. The SMILES string of the molecule is COCCN(CC(=O)O)Cc1cncc(C)c1. The zero-order chi connectivity index (χ0) is 12.7. The molecule has 0 amide bonds. The van der Waals surface area contributed by atoms with Crippen LogP contribution < -0.4 is 0 Å². The zero-order valence-electron chi connectivity index (χ0n) is 10.2. The molecule has 0 aliphatic heterocycles. The second-order valence-corrected chi connectivity index (χ2v) is 3.97. The summed E-state index contributed by atoms with van der Waals surface area (Å²) in [6.07, 6.45) is 3.54. The summed E-state index contributed by atoms with van der Waals surface area (Å²) < 4.78 is 4.97. The molecule has 0 unspecified atom stereocenters. The van der Waals surface area contributed by atoms with Crippen molar-refractivity contribution in [3.05, 3.63) is 29.6 Å². The Kier molecular flexibility index (Phi) is 5.59. The first-order valence-electron chi connectivity index (χ1n) is 5.45. The molecule has 0 atom stereocenters. The molecule has 0 bridgehead atoms. The van der Waals surface area contributed by atoms with Crippen LogP contribution in [0.25, 0.3) is 0 Å². The van der Waals surface area contributed by atoms with E-state index in [9.17, 15) is 4.79 Å². The summed E-state index contributed by atoms with van der Waals surface area (Å²) in [4.78, 5) is 16.6. The van der Waals surface area contributed by atoms with Crippen LogP contribution in [-0.2, 0) is 16.1 Å². The highest BCUT2D eigenvalue weighted by molar-refractivity contribution is 5.69. The fourth-order valence-corrected chi connectivity index (χ4v) is 1.59. The van der Waals surface area contributed by atoms with E-state index in [2.05, 4.69) is 4.98 Å². The van der Waals surface area contributed by atoms with Crippen LogP contribution in [0.5, 0.6) is 0 Å². The van der Waals surface area contributed by atoms with E-state index >= 15 is 0 Å². The molecule has 0 fully saturated rings. The van der Waals surface area contributed by atoms with Gasteiger partial charge in [0.2, 0.25) is 0 Å². The maximum atomic E-state index is 10.7. The fraction of sp³-hybridized carbons (Fsp3) is 0.500. The molecular weight excluding hydrogens is 220 g/mol. The van der Waals surface area contributed by atoms with Crippen molar-refractivity contribution in [2.45, 2.75) is 13.5 Å². The molecule has 1 rings (SSSR count). The third-order valence-electron chi connectivity index (χ3n) is 2.31. The van der Waals surface area contributed by atoms with E-state index in [0.29, 0.717) is 19.7 Å². The number of aromatic nitrogens is 1. The minimum atomic E-state index is -0.832. The highest BCUT2D eigenvalue weighted by atomic mass is 16.5. The standard InChI is InChI=1S/C12H18N2O3/c1-10-5-11(7-13-6-10)8-14(3-4-17-2)9-12(15)16/h5-7H,3-4,8-9H2,1-2H3,(H,15,16). The highest BCUT2D eigenvalue weighted by Crippen LogP contribution is 2.05. The second kappa shape index (κ2) is 6.98. The number of aryl methyl sites for hydroxylation is 1. The summed E-state index contributed by atoms with van der Waals surface area (Å²) in [6.45, 7) is 3.66. The quantitative estimate of drug-likeness (QED) is 0.765. The molecule has 0 spiro atoms. The number of nitrogens with zero attached hydrogens (tertiary/aromatic N) is 2. The van der Waals surface area contributed by atoms with Gasteiger partial charge in [-0.15, -0.1) is 0 Å². The first-order chi connectivity index (χ1) is 8.11. The van der Waals surface area contributed by atoms with E-state index in [1.807, 2.05) is 17.9 Å². The summed E-state index contributed by atoms with van der Waals surface area (Å²) in [5.74, 6) is -0.832. The monoisotopic (exact) mass is 238 g/mol. The average Bonchev–Trinajstić information content (AvgIpc) is 2.25. The van der Waals surface area contributed by atoms with Gasteiger partial charge in [-0.3, -0.25) is 14.7 Å². The van der Waals surface area contributed by atoms with Gasteiger partial charge in [-0.05, 0) is 18.1 Å². The van der Waals surface area contributed by atoms with Crippen LogP contribution >= 0.6 is 0 Å². The zero-order valence-corrected chi connectivity index (χ0v) is 10.2. The largest absolute Gasteiger partial charge is 0.480 e. The Morgan fingerprint density at radius 1 is 1.53 bits per heavy atom. The number of carbonyl (C=O) groups is 1. The summed E-state index contributed by atoms with van der Waals surface area (Å²) in [5, 5.41) is 8.82. The minimum absolute atomic E-state index is 0.0112. The molecule has 5 heteroatoms. The third-order valence-corrected chi connectivity index (χ3v) is 2.31. The number of hydrogen-bond acceptors (Lipinski definition) is 4. The lowest BCUT2D eigenvalue weighted by Gasteiger charge is -2.19. The highest BCUT2D eigenvalue weighted by Gasteiger charge is 2.10. The number of ether oxygens (including phenoxy) is 1. The molecule has 1 heterocycles. The van der Waals surface area contributed by atoms with Gasteiger partial charge >= 0.3 is 5.97 Å². The maximum absolute atomic E-state index is 10.7. The van der Waals surface area contributed by atoms with Crippen LogP contribution in [-0.4, -0.2) is 47.8 Å². The van der Waals surface area contributed by atoms with Crippen molar-refractivity contribution in [2.24, 2.45) is 0 Å². The summed E-state index contributed by atoms with van der Waals surface area (Å²) >= 11 is 0. The Hall–Kier alpha value is -1.46. The number of carboxylic acids is 1. The molecule has 1 N–H and O–H groups in total. The minimum Gasteiger partial charge on any atom is -0.480 e. The average molecular weight is 238 g/mol. The van der Waals surface area contributed by atoms with Crippen LogP contribution in [0.2, 0.25) is 0 Å². The number of pyridine rings is 1. The van der Waals surface area contributed by atoms with Crippen LogP contribution in [0, 0.1) is 6.92 Å². The van der Waals surface area contributed by atoms with Gasteiger partial charge in [0, 0.05) is 32.6 Å². The van der Waals surface area contributed by atoms with Crippen LogP contribution in [0.3, 0.4) is 0 Å².